The molecule has 0 aromatic heterocycles. The summed E-state index contributed by atoms with van der Waals surface area (Å²) in [6.07, 6.45) is 6.01. The third-order valence-electron chi connectivity index (χ3n) is 6.50. The van der Waals surface area contributed by atoms with Crippen molar-refractivity contribution >= 4 is 15.7 Å². The van der Waals surface area contributed by atoms with Gasteiger partial charge in [-0.2, -0.15) is 0 Å². The maximum atomic E-state index is 12.6. The highest BCUT2D eigenvalue weighted by Gasteiger charge is 2.51. The number of sulfone groups is 1. The van der Waals surface area contributed by atoms with Gasteiger partial charge in [0, 0.05) is 18.4 Å². The van der Waals surface area contributed by atoms with Crippen LogP contribution in [0.4, 0.5) is 0 Å². The summed E-state index contributed by atoms with van der Waals surface area (Å²) in [5.74, 6) is 2.16. The Kier molecular flexibility index (Phi) is 4.61. The largest absolute Gasteiger partial charge is 0.352 e. The van der Waals surface area contributed by atoms with Crippen LogP contribution in [-0.2, 0) is 14.6 Å². The van der Waals surface area contributed by atoms with Crippen LogP contribution >= 0.6 is 0 Å². The van der Waals surface area contributed by atoms with Gasteiger partial charge >= 0.3 is 0 Å². The predicted octanol–water partition coefficient (Wildman–Crippen LogP) is 2.90. The molecule has 3 aliphatic rings. The smallest absolute Gasteiger partial charge is 0.220 e. The van der Waals surface area contributed by atoms with Crippen molar-refractivity contribution in [3.05, 3.63) is 35.9 Å². The Morgan fingerprint density at radius 3 is 2.44 bits per heavy atom. The van der Waals surface area contributed by atoms with Gasteiger partial charge in [-0.3, -0.25) is 4.79 Å². The van der Waals surface area contributed by atoms with Crippen LogP contribution in [0, 0.1) is 17.8 Å². The molecule has 5 atom stereocenters. The second-order valence-corrected chi connectivity index (χ2v) is 10.3. The molecule has 0 spiro atoms. The maximum Gasteiger partial charge on any atom is 0.220 e. The molecule has 1 amide bonds. The van der Waals surface area contributed by atoms with E-state index >= 15 is 0 Å². The molecule has 2 saturated carbocycles. The van der Waals surface area contributed by atoms with Gasteiger partial charge in [-0.25, -0.2) is 8.42 Å². The van der Waals surface area contributed by atoms with Gasteiger partial charge in [0.15, 0.2) is 9.84 Å². The highest BCUT2D eigenvalue weighted by atomic mass is 32.2. The first kappa shape index (κ1) is 17.1. The van der Waals surface area contributed by atoms with E-state index in [0.29, 0.717) is 30.6 Å². The van der Waals surface area contributed by atoms with E-state index in [1.807, 2.05) is 6.07 Å². The summed E-state index contributed by atoms with van der Waals surface area (Å²) in [7, 11) is -2.91. The normalized spacial score (nSPS) is 36.2. The predicted molar refractivity (Wildman–Crippen MR) is 97.9 cm³/mol. The molecule has 25 heavy (non-hydrogen) atoms. The molecule has 0 unspecified atom stereocenters. The Morgan fingerprint density at radius 1 is 1.04 bits per heavy atom. The number of carbonyl (C=O) groups is 1. The van der Waals surface area contributed by atoms with Gasteiger partial charge in [0.25, 0.3) is 0 Å². The van der Waals surface area contributed by atoms with Crippen LogP contribution in [0.2, 0.25) is 0 Å². The maximum absolute atomic E-state index is 12.6. The van der Waals surface area contributed by atoms with E-state index < -0.39 is 9.84 Å². The first-order valence-electron chi connectivity index (χ1n) is 9.58. The molecule has 1 aromatic carbocycles. The fourth-order valence-corrected chi connectivity index (χ4v) is 7.20. The molecule has 1 aromatic rings. The highest BCUT2D eigenvalue weighted by molar-refractivity contribution is 7.91. The van der Waals surface area contributed by atoms with Crippen LogP contribution in [0.3, 0.4) is 0 Å². The lowest BCUT2D eigenvalue weighted by Crippen LogP contribution is -2.59. The molecule has 1 saturated heterocycles. The van der Waals surface area contributed by atoms with Gasteiger partial charge in [0.05, 0.1) is 11.5 Å². The van der Waals surface area contributed by atoms with Crippen molar-refractivity contribution in [2.45, 2.75) is 50.5 Å². The number of carbonyl (C=O) groups excluding carboxylic acids is 1. The minimum atomic E-state index is -2.91. The number of rotatable bonds is 4. The first-order chi connectivity index (χ1) is 12.0. The average Bonchev–Trinajstić information content (AvgIpc) is 2.92. The van der Waals surface area contributed by atoms with Crippen molar-refractivity contribution in [2.24, 2.45) is 17.8 Å². The SMILES string of the molecule is O=C(C[C@@H]1CCS(=O)(=O)C1)N[C@H]1[C@@H]2CCCC[C@H]2[C@@H]1c1ccccc1. The van der Waals surface area contributed by atoms with Gasteiger partial charge in [-0.15, -0.1) is 0 Å². The van der Waals surface area contributed by atoms with Gasteiger partial charge < -0.3 is 5.32 Å². The first-order valence-corrected chi connectivity index (χ1v) is 11.4. The minimum absolute atomic E-state index is 0.00223. The van der Waals surface area contributed by atoms with E-state index in [1.165, 1.54) is 31.2 Å². The van der Waals surface area contributed by atoms with Crippen molar-refractivity contribution in [3.63, 3.8) is 0 Å². The molecule has 0 radical (unpaired) electrons. The van der Waals surface area contributed by atoms with E-state index in [2.05, 4.69) is 29.6 Å². The minimum Gasteiger partial charge on any atom is -0.352 e. The molecule has 1 aliphatic heterocycles. The summed E-state index contributed by atoms with van der Waals surface area (Å²) in [5.41, 5.74) is 1.33. The summed E-state index contributed by atoms with van der Waals surface area (Å²) in [5, 5.41) is 3.28. The molecule has 4 rings (SSSR count). The summed E-state index contributed by atoms with van der Waals surface area (Å²) in [4.78, 5) is 12.6. The summed E-state index contributed by atoms with van der Waals surface area (Å²) in [6.45, 7) is 0. The van der Waals surface area contributed by atoms with E-state index in [1.54, 1.807) is 0 Å². The molecule has 5 heteroatoms. The van der Waals surface area contributed by atoms with Crippen LogP contribution in [-0.4, -0.2) is 31.9 Å². The van der Waals surface area contributed by atoms with Crippen molar-refractivity contribution in [1.29, 1.82) is 0 Å². The Labute approximate surface area is 150 Å². The molecule has 4 nitrogen and oxygen atoms in total. The van der Waals surface area contributed by atoms with Crippen LogP contribution < -0.4 is 5.32 Å². The lowest BCUT2D eigenvalue weighted by molar-refractivity contribution is -0.125. The fraction of sp³-hybridized carbons (Fsp3) is 0.650. The van der Waals surface area contributed by atoms with Gasteiger partial charge in [0.2, 0.25) is 5.91 Å². The number of hydrogen-bond donors (Lipinski definition) is 1. The molecular formula is C20H27NO3S. The zero-order chi connectivity index (χ0) is 17.4. The van der Waals surface area contributed by atoms with Crippen LogP contribution in [0.25, 0.3) is 0 Å². The molecule has 1 heterocycles. The lowest BCUT2D eigenvalue weighted by Gasteiger charge is -2.55. The molecular weight excluding hydrogens is 334 g/mol. The van der Waals surface area contributed by atoms with Crippen molar-refractivity contribution in [2.75, 3.05) is 11.5 Å². The lowest BCUT2D eigenvalue weighted by atomic mass is 9.53. The van der Waals surface area contributed by atoms with Crippen LogP contribution in [0.1, 0.15) is 50.0 Å². The van der Waals surface area contributed by atoms with Crippen molar-refractivity contribution in [3.8, 4) is 0 Å². The number of amides is 1. The van der Waals surface area contributed by atoms with E-state index in [0.717, 1.165) is 0 Å². The third-order valence-corrected chi connectivity index (χ3v) is 8.33. The molecule has 1 N–H and O–H groups in total. The van der Waals surface area contributed by atoms with E-state index in [4.69, 9.17) is 0 Å². The second-order valence-electron chi connectivity index (χ2n) is 8.12. The molecule has 0 bridgehead atoms. The summed E-state index contributed by atoms with van der Waals surface area (Å²) in [6, 6.07) is 10.8. The number of nitrogens with one attached hydrogen (secondary N) is 1. The highest BCUT2D eigenvalue weighted by Crippen LogP contribution is 2.54. The Bertz CT molecular complexity index is 731. The Hall–Kier alpha value is -1.36. The van der Waals surface area contributed by atoms with E-state index in [-0.39, 0.29) is 29.4 Å². The Morgan fingerprint density at radius 2 is 1.76 bits per heavy atom. The van der Waals surface area contributed by atoms with Crippen molar-refractivity contribution in [1.82, 2.24) is 5.32 Å². The number of benzene rings is 1. The van der Waals surface area contributed by atoms with Gasteiger partial charge in [-0.1, -0.05) is 43.2 Å². The molecule has 3 fully saturated rings. The monoisotopic (exact) mass is 361 g/mol. The standard InChI is InChI=1S/C20H27NO3S/c22-18(12-14-10-11-25(23,24)13-14)21-20-17-9-5-4-8-16(17)19(20)15-6-2-1-3-7-15/h1-3,6-7,14,16-17,19-20H,4-5,8-13H2,(H,21,22)/t14-,16+,17+,19-,20-/m0/s1. The Balaban J connectivity index is 1.43. The zero-order valence-corrected chi connectivity index (χ0v) is 15.4. The van der Waals surface area contributed by atoms with Gasteiger partial charge in [0.1, 0.15) is 0 Å². The van der Waals surface area contributed by atoms with E-state index in [9.17, 15) is 13.2 Å². The fourth-order valence-electron chi connectivity index (χ4n) is 5.33. The topological polar surface area (TPSA) is 63.2 Å². The number of hydrogen-bond acceptors (Lipinski definition) is 3. The third kappa shape index (κ3) is 3.48. The van der Waals surface area contributed by atoms with Crippen molar-refractivity contribution < 1.29 is 13.2 Å². The summed E-state index contributed by atoms with van der Waals surface area (Å²) < 4.78 is 23.2. The summed E-state index contributed by atoms with van der Waals surface area (Å²) >= 11 is 0. The van der Waals surface area contributed by atoms with Gasteiger partial charge in [-0.05, 0) is 42.6 Å². The quantitative estimate of drug-likeness (QED) is 0.897. The van der Waals surface area contributed by atoms with Crippen LogP contribution in [0.15, 0.2) is 30.3 Å². The zero-order valence-electron chi connectivity index (χ0n) is 14.6. The van der Waals surface area contributed by atoms with Crippen LogP contribution in [0.5, 0.6) is 0 Å². The number of fused-ring (bicyclic) bond motifs is 1. The average molecular weight is 362 g/mol. The molecule has 2 aliphatic carbocycles. The molecule has 136 valence electrons. The second kappa shape index (κ2) is 6.75.